The van der Waals surface area contributed by atoms with Crippen LogP contribution in [0.25, 0.3) is 0 Å². The second kappa shape index (κ2) is 5.98. The molecule has 0 spiro atoms. The number of amides is 2. The number of hydrogen-bond acceptors (Lipinski definition) is 4. The molecule has 0 fully saturated rings. The van der Waals surface area contributed by atoms with Gasteiger partial charge in [0.1, 0.15) is 0 Å². The van der Waals surface area contributed by atoms with Gasteiger partial charge in [0.05, 0.1) is 9.95 Å². The lowest BCUT2D eigenvalue weighted by Crippen LogP contribution is -2.20. The van der Waals surface area contributed by atoms with Crippen LogP contribution in [0.1, 0.15) is 0 Å². The van der Waals surface area contributed by atoms with Crippen LogP contribution in [0.2, 0.25) is 5.02 Å². The van der Waals surface area contributed by atoms with Crippen molar-refractivity contribution in [3.05, 3.63) is 57.7 Å². The van der Waals surface area contributed by atoms with E-state index in [1.165, 1.54) is 30.5 Å². The first-order chi connectivity index (χ1) is 9.56. The lowest BCUT2D eigenvalue weighted by atomic mass is 10.3. The van der Waals surface area contributed by atoms with Crippen molar-refractivity contribution < 1.29 is 9.72 Å². The fraction of sp³-hybridized carbons (Fsp3) is 0. The topological polar surface area (TPSA) is 97.2 Å². The summed E-state index contributed by atoms with van der Waals surface area (Å²) < 4.78 is 0. The molecule has 0 saturated heterocycles. The number of nitro benzene ring substituents is 1. The first-order valence-electron chi connectivity index (χ1n) is 5.49. The predicted octanol–water partition coefficient (Wildman–Crippen LogP) is 3.29. The quantitative estimate of drug-likeness (QED) is 0.670. The number of pyridine rings is 1. The van der Waals surface area contributed by atoms with Gasteiger partial charge >= 0.3 is 6.03 Å². The van der Waals surface area contributed by atoms with Crippen molar-refractivity contribution in [1.29, 1.82) is 0 Å². The summed E-state index contributed by atoms with van der Waals surface area (Å²) in [6, 6.07) is 8.21. The van der Waals surface area contributed by atoms with Crippen LogP contribution < -0.4 is 10.6 Å². The highest BCUT2D eigenvalue weighted by atomic mass is 35.5. The molecule has 102 valence electrons. The molecule has 0 aliphatic carbocycles. The fourth-order valence-electron chi connectivity index (χ4n) is 1.44. The Bertz CT molecular complexity index is 663. The molecule has 0 unspecified atom stereocenters. The summed E-state index contributed by atoms with van der Waals surface area (Å²) in [6.45, 7) is 0. The SMILES string of the molecule is O=C(Nc1cccc([N+](=O)[O-])c1)Nc1ncccc1Cl. The summed E-state index contributed by atoms with van der Waals surface area (Å²) in [6.07, 6.45) is 1.48. The summed E-state index contributed by atoms with van der Waals surface area (Å²) in [5, 5.41) is 15.8. The smallest absolute Gasteiger partial charge is 0.307 e. The van der Waals surface area contributed by atoms with Gasteiger partial charge in [-0.15, -0.1) is 0 Å². The number of urea groups is 1. The molecule has 2 amide bonds. The molecule has 0 saturated carbocycles. The van der Waals surface area contributed by atoms with Gasteiger partial charge in [0.2, 0.25) is 0 Å². The molecular formula is C12H9ClN4O3. The summed E-state index contributed by atoms with van der Waals surface area (Å²) >= 11 is 5.84. The van der Waals surface area contributed by atoms with Gasteiger partial charge in [-0.2, -0.15) is 0 Å². The zero-order chi connectivity index (χ0) is 14.5. The third kappa shape index (κ3) is 3.42. The van der Waals surface area contributed by atoms with Crippen molar-refractivity contribution in [2.24, 2.45) is 0 Å². The number of carbonyl (C=O) groups is 1. The van der Waals surface area contributed by atoms with E-state index in [-0.39, 0.29) is 11.5 Å². The number of aromatic nitrogens is 1. The largest absolute Gasteiger partial charge is 0.324 e. The van der Waals surface area contributed by atoms with Gasteiger partial charge in [-0.05, 0) is 18.2 Å². The monoisotopic (exact) mass is 292 g/mol. The zero-order valence-corrected chi connectivity index (χ0v) is 10.8. The Hall–Kier alpha value is -2.67. The second-order valence-corrected chi connectivity index (χ2v) is 4.13. The molecule has 0 aliphatic rings. The number of hydrogen-bond donors (Lipinski definition) is 2. The first-order valence-corrected chi connectivity index (χ1v) is 5.87. The second-order valence-electron chi connectivity index (χ2n) is 3.72. The average Bonchev–Trinajstić information content (AvgIpc) is 2.41. The predicted molar refractivity (Wildman–Crippen MR) is 75.0 cm³/mol. The lowest BCUT2D eigenvalue weighted by molar-refractivity contribution is -0.384. The Kier molecular flexibility index (Phi) is 4.11. The minimum Gasteiger partial charge on any atom is -0.307 e. The minimum atomic E-state index is -0.592. The minimum absolute atomic E-state index is 0.112. The van der Waals surface area contributed by atoms with E-state index in [2.05, 4.69) is 15.6 Å². The van der Waals surface area contributed by atoms with Crippen LogP contribution >= 0.6 is 11.6 Å². The number of rotatable bonds is 3. The van der Waals surface area contributed by atoms with E-state index in [0.29, 0.717) is 10.7 Å². The van der Waals surface area contributed by atoms with Crippen molar-refractivity contribution in [3.8, 4) is 0 Å². The molecule has 7 nitrogen and oxygen atoms in total. The maximum atomic E-state index is 11.7. The van der Waals surface area contributed by atoms with Gasteiger partial charge in [-0.1, -0.05) is 17.7 Å². The van der Waals surface area contributed by atoms with Gasteiger partial charge < -0.3 is 5.32 Å². The van der Waals surface area contributed by atoms with Gasteiger partial charge in [0.15, 0.2) is 5.82 Å². The van der Waals surface area contributed by atoms with Crippen LogP contribution in [0.4, 0.5) is 22.0 Å². The number of halogens is 1. The number of benzene rings is 1. The van der Waals surface area contributed by atoms with Gasteiger partial charge in [0.25, 0.3) is 5.69 Å². The Morgan fingerprint density at radius 1 is 1.25 bits per heavy atom. The average molecular weight is 293 g/mol. The molecule has 8 heteroatoms. The van der Waals surface area contributed by atoms with Crippen LogP contribution in [0.3, 0.4) is 0 Å². The fourth-order valence-corrected chi connectivity index (χ4v) is 1.61. The van der Waals surface area contributed by atoms with E-state index in [0.717, 1.165) is 0 Å². The summed E-state index contributed by atoms with van der Waals surface area (Å²) in [4.78, 5) is 25.7. The molecule has 0 aliphatic heterocycles. The number of nitrogens with zero attached hydrogens (tertiary/aromatic N) is 2. The van der Waals surface area contributed by atoms with Crippen molar-refractivity contribution in [2.75, 3.05) is 10.6 Å². The summed E-state index contributed by atoms with van der Waals surface area (Å²) in [5.41, 5.74) is 0.183. The summed E-state index contributed by atoms with van der Waals surface area (Å²) in [7, 11) is 0. The van der Waals surface area contributed by atoms with Crippen LogP contribution in [0.5, 0.6) is 0 Å². The standard InChI is InChI=1S/C12H9ClN4O3/c13-10-5-2-6-14-11(10)16-12(18)15-8-3-1-4-9(7-8)17(19)20/h1-7H,(H2,14,15,16,18). The van der Waals surface area contributed by atoms with E-state index in [1.807, 2.05) is 0 Å². The molecular weight excluding hydrogens is 284 g/mol. The van der Waals surface area contributed by atoms with Crippen molar-refractivity contribution >= 4 is 34.8 Å². The van der Waals surface area contributed by atoms with Gasteiger partial charge in [0, 0.05) is 24.0 Å². The molecule has 20 heavy (non-hydrogen) atoms. The van der Waals surface area contributed by atoms with Crippen LogP contribution in [-0.2, 0) is 0 Å². The lowest BCUT2D eigenvalue weighted by Gasteiger charge is -2.07. The Labute approximate surface area is 118 Å². The third-order valence-electron chi connectivity index (χ3n) is 2.31. The molecule has 2 N–H and O–H groups in total. The number of nitro groups is 1. The molecule has 0 bridgehead atoms. The normalized spacial score (nSPS) is 9.85. The highest BCUT2D eigenvalue weighted by molar-refractivity contribution is 6.33. The van der Waals surface area contributed by atoms with Gasteiger partial charge in [-0.3, -0.25) is 15.4 Å². The van der Waals surface area contributed by atoms with Crippen molar-refractivity contribution in [2.45, 2.75) is 0 Å². The van der Waals surface area contributed by atoms with Gasteiger partial charge in [-0.25, -0.2) is 9.78 Å². The number of anilines is 2. The maximum Gasteiger partial charge on any atom is 0.324 e. The molecule has 2 rings (SSSR count). The highest BCUT2D eigenvalue weighted by Crippen LogP contribution is 2.19. The van der Waals surface area contributed by atoms with E-state index in [9.17, 15) is 14.9 Å². The number of carbonyl (C=O) groups excluding carboxylic acids is 1. The van der Waals surface area contributed by atoms with Crippen LogP contribution in [0.15, 0.2) is 42.6 Å². The number of nitrogens with one attached hydrogen (secondary N) is 2. The zero-order valence-electron chi connectivity index (χ0n) is 10.0. The Balaban J connectivity index is 2.07. The molecule has 0 atom stereocenters. The van der Waals surface area contributed by atoms with E-state index >= 15 is 0 Å². The Morgan fingerprint density at radius 3 is 2.75 bits per heavy atom. The molecule has 1 heterocycles. The molecule has 2 aromatic rings. The number of non-ortho nitro benzene ring substituents is 1. The summed E-state index contributed by atoms with van der Waals surface area (Å²) in [5.74, 6) is 0.206. The van der Waals surface area contributed by atoms with Crippen LogP contribution in [-0.4, -0.2) is 15.9 Å². The third-order valence-corrected chi connectivity index (χ3v) is 2.61. The van der Waals surface area contributed by atoms with E-state index in [4.69, 9.17) is 11.6 Å². The van der Waals surface area contributed by atoms with Crippen LogP contribution in [0, 0.1) is 10.1 Å². The van der Waals surface area contributed by atoms with Crippen molar-refractivity contribution in [1.82, 2.24) is 4.98 Å². The maximum absolute atomic E-state index is 11.7. The van der Waals surface area contributed by atoms with E-state index < -0.39 is 11.0 Å². The molecule has 1 aromatic carbocycles. The van der Waals surface area contributed by atoms with Crippen molar-refractivity contribution in [3.63, 3.8) is 0 Å². The Morgan fingerprint density at radius 2 is 2.05 bits per heavy atom. The molecule has 0 radical (unpaired) electrons. The van der Waals surface area contributed by atoms with E-state index in [1.54, 1.807) is 12.1 Å². The first kappa shape index (κ1) is 13.8. The molecule has 1 aromatic heterocycles. The highest BCUT2D eigenvalue weighted by Gasteiger charge is 2.09.